The highest BCUT2D eigenvalue weighted by Gasteiger charge is 1.98. The maximum atomic E-state index is 12.4. The Labute approximate surface area is 74.3 Å². The van der Waals surface area contributed by atoms with E-state index in [9.17, 15) is 9.18 Å². The molecule has 0 spiro atoms. The Kier molecular flexibility index (Phi) is 2.64. The van der Waals surface area contributed by atoms with Gasteiger partial charge in [0.15, 0.2) is 0 Å². The molecule has 1 rings (SSSR count). The first-order chi connectivity index (χ1) is 6.09. The first-order valence-electron chi connectivity index (χ1n) is 3.55. The zero-order valence-corrected chi connectivity index (χ0v) is 6.70. The second-order valence-electron chi connectivity index (χ2n) is 2.44. The van der Waals surface area contributed by atoms with Crippen molar-refractivity contribution in [2.45, 2.75) is 0 Å². The van der Waals surface area contributed by atoms with Gasteiger partial charge in [-0.3, -0.25) is 0 Å². The lowest BCUT2D eigenvalue weighted by Gasteiger charge is -1.99. The highest BCUT2D eigenvalue weighted by molar-refractivity contribution is 5.89. The summed E-state index contributed by atoms with van der Waals surface area (Å²) in [6.07, 6.45) is 0.868. The molecule has 0 saturated heterocycles. The number of aliphatic carboxylic acids is 1. The van der Waals surface area contributed by atoms with E-state index >= 15 is 0 Å². The smallest absolute Gasteiger partial charge is 0.330 e. The number of carbonyl (C=O) groups is 1. The van der Waals surface area contributed by atoms with Crippen LogP contribution in [0.15, 0.2) is 30.3 Å². The zero-order valence-electron chi connectivity index (χ0n) is 6.70. The fourth-order valence-corrected chi connectivity index (χ4v) is 0.859. The molecule has 3 nitrogen and oxygen atoms in total. The van der Waals surface area contributed by atoms with Crippen molar-refractivity contribution >= 4 is 11.7 Å². The number of nitrogens with two attached hydrogens (primary N) is 1. The summed E-state index contributed by atoms with van der Waals surface area (Å²) in [4.78, 5) is 10.2. The molecule has 0 aromatic heterocycles. The van der Waals surface area contributed by atoms with E-state index < -0.39 is 5.97 Å². The first-order valence-corrected chi connectivity index (χ1v) is 3.55. The maximum absolute atomic E-state index is 12.4. The van der Waals surface area contributed by atoms with Crippen LogP contribution >= 0.6 is 0 Å². The molecule has 13 heavy (non-hydrogen) atoms. The minimum Gasteiger partial charge on any atom is -0.478 e. The minimum atomic E-state index is -1.12. The van der Waals surface area contributed by atoms with E-state index in [0.717, 1.165) is 6.08 Å². The Balaban J connectivity index is 2.96. The summed E-state index contributed by atoms with van der Waals surface area (Å²) in [7, 11) is 0. The molecule has 0 radical (unpaired) electrons. The van der Waals surface area contributed by atoms with Crippen molar-refractivity contribution in [2.24, 2.45) is 5.73 Å². The van der Waals surface area contributed by atoms with Crippen LogP contribution in [0.4, 0.5) is 4.39 Å². The average molecular weight is 181 g/mol. The monoisotopic (exact) mass is 181 g/mol. The molecule has 0 bridgehead atoms. The molecule has 1 aromatic rings. The second-order valence-corrected chi connectivity index (χ2v) is 2.44. The molecule has 0 aliphatic heterocycles. The van der Waals surface area contributed by atoms with Crippen molar-refractivity contribution in [3.05, 3.63) is 41.7 Å². The topological polar surface area (TPSA) is 63.3 Å². The normalized spacial score (nSPS) is 11.3. The Morgan fingerprint density at radius 2 is 1.92 bits per heavy atom. The summed E-state index contributed by atoms with van der Waals surface area (Å²) < 4.78 is 12.4. The summed E-state index contributed by atoms with van der Waals surface area (Å²) in [6.45, 7) is 0. The van der Waals surface area contributed by atoms with E-state index in [4.69, 9.17) is 10.8 Å². The number of halogens is 1. The van der Waals surface area contributed by atoms with Crippen LogP contribution in [0.2, 0.25) is 0 Å². The van der Waals surface area contributed by atoms with Crippen LogP contribution in [0, 0.1) is 5.82 Å². The number of carboxylic acid groups (broad SMARTS) is 1. The standard InChI is InChI=1S/C9H8FNO2/c10-7-3-1-6(2-4-7)8(11)5-9(12)13/h1-5H,11H2,(H,12,13)/b8-5+. The van der Waals surface area contributed by atoms with Gasteiger partial charge in [-0.15, -0.1) is 0 Å². The van der Waals surface area contributed by atoms with Crippen LogP contribution in [0.3, 0.4) is 0 Å². The van der Waals surface area contributed by atoms with E-state index in [2.05, 4.69) is 0 Å². The van der Waals surface area contributed by atoms with E-state index in [-0.39, 0.29) is 11.5 Å². The van der Waals surface area contributed by atoms with E-state index in [1.807, 2.05) is 0 Å². The van der Waals surface area contributed by atoms with Crippen molar-refractivity contribution in [1.29, 1.82) is 0 Å². The van der Waals surface area contributed by atoms with Crippen LogP contribution in [-0.2, 0) is 4.79 Å². The Morgan fingerprint density at radius 1 is 1.38 bits per heavy atom. The second kappa shape index (κ2) is 3.71. The van der Waals surface area contributed by atoms with Gasteiger partial charge in [-0.05, 0) is 17.7 Å². The first kappa shape index (κ1) is 9.25. The van der Waals surface area contributed by atoms with Gasteiger partial charge in [-0.1, -0.05) is 12.1 Å². The summed E-state index contributed by atoms with van der Waals surface area (Å²) >= 11 is 0. The lowest BCUT2D eigenvalue weighted by molar-refractivity contribution is -0.131. The molecule has 0 amide bonds. The summed E-state index contributed by atoms with van der Waals surface area (Å²) in [6, 6.07) is 5.28. The summed E-state index contributed by atoms with van der Waals surface area (Å²) in [5, 5.41) is 8.37. The largest absolute Gasteiger partial charge is 0.478 e. The molecule has 1 aromatic carbocycles. The highest BCUT2D eigenvalue weighted by atomic mass is 19.1. The summed E-state index contributed by atoms with van der Waals surface area (Å²) in [5.74, 6) is -1.51. The average Bonchev–Trinajstić information content (AvgIpc) is 2.04. The number of rotatable bonds is 2. The Morgan fingerprint density at radius 3 is 2.38 bits per heavy atom. The molecule has 0 saturated carbocycles. The van der Waals surface area contributed by atoms with Gasteiger partial charge in [0.2, 0.25) is 0 Å². The van der Waals surface area contributed by atoms with Gasteiger partial charge in [0.25, 0.3) is 0 Å². The lowest BCUT2D eigenvalue weighted by atomic mass is 10.1. The molecular formula is C9H8FNO2. The molecule has 0 heterocycles. The number of hydrogen-bond donors (Lipinski definition) is 2. The van der Waals surface area contributed by atoms with Crippen LogP contribution in [0.25, 0.3) is 5.70 Å². The molecule has 0 aliphatic carbocycles. The fourth-order valence-electron chi connectivity index (χ4n) is 0.859. The van der Waals surface area contributed by atoms with Gasteiger partial charge in [0.1, 0.15) is 5.82 Å². The quantitative estimate of drug-likeness (QED) is 0.674. The molecule has 0 fully saturated rings. The van der Waals surface area contributed by atoms with Crippen molar-refractivity contribution < 1.29 is 14.3 Å². The van der Waals surface area contributed by atoms with E-state index in [1.165, 1.54) is 24.3 Å². The molecule has 0 atom stereocenters. The van der Waals surface area contributed by atoms with Crippen molar-refractivity contribution in [3.8, 4) is 0 Å². The minimum absolute atomic E-state index is 0.104. The Bertz CT molecular complexity index is 343. The van der Waals surface area contributed by atoms with Gasteiger partial charge in [-0.2, -0.15) is 0 Å². The fraction of sp³-hybridized carbons (Fsp3) is 0. The molecule has 68 valence electrons. The molecule has 3 N–H and O–H groups in total. The molecule has 0 aliphatic rings. The van der Waals surface area contributed by atoms with Gasteiger partial charge < -0.3 is 10.8 Å². The van der Waals surface area contributed by atoms with Crippen molar-refractivity contribution in [3.63, 3.8) is 0 Å². The predicted octanol–water partition coefficient (Wildman–Crippen LogP) is 1.21. The van der Waals surface area contributed by atoms with Gasteiger partial charge in [0, 0.05) is 11.8 Å². The van der Waals surface area contributed by atoms with Crippen molar-refractivity contribution in [2.75, 3.05) is 0 Å². The number of carboxylic acids is 1. The molecular weight excluding hydrogens is 173 g/mol. The van der Waals surface area contributed by atoms with Gasteiger partial charge in [0.05, 0.1) is 0 Å². The highest BCUT2D eigenvalue weighted by Crippen LogP contribution is 2.09. The van der Waals surface area contributed by atoms with Crippen LogP contribution in [-0.4, -0.2) is 11.1 Å². The predicted molar refractivity (Wildman–Crippen MR) is 46.2 cm³/mol. The SMILES string of the molecule is N/C(=C/C(=O)O)c1ccc(F)cc1. The molecule has 0 unspecified atom stereocenters. The van der Waals surface area contributed by atoms with E-state index in [1.54, 1.807) is 0 Å². The van der Waals surface area contributed by atoms with Crippen LogP contribution < -0.4 is 5.73 Å². The lowest BCUT2D eigenvalue weighted by Crippen LogP contribution is -2.00. The van der Waals surface area contributed by atoms with Crippen LogP contribution in [0.5, 0.6) is 0 Å². The Hall–Kier alpha value is -1.84. The number of benzene rings is 1. The maximum Gasteiger partial charge on any atom is 0.330 e. The zero-order chi connectivity index (χ0) is 9.84. The van der Waals surface area contributed by atoms with Gasteiger partial charge in [-0.25, -0.2) is 9.18 Å². The number of hydrogen-bond acceptors (Lipinski definition) is 2. The third-order valence-electron chi connectivity index (χ3n) is 1.46. The van der Waals surface area contributed by atoms with Crippen molar-refractivity contribution in [1.82, 2.24) is 0 Å². The summed E-state index contributed by atoms with van der Waals surface area (Å²) in [5.41, 5.74) is 6.00. The molecule has 4 heteroatoms. The van der Waals surface area contributed by atoms with Gasteiger partial charge >= 0.3 is 5.97 Å². The van der Waals surface area contributed by atoms with E-state index in [0.29, 0.717) is 5.56 Å². The van der Waals surface area contributed by atoms with Crippen LogP contribution in [0.1, 0.15) is 5.56 Å². The third kappa shape index (κ3) is 2.59. The third-order valence-corrected chi connectivity index (χ3v) is 1.46.